The van der Waals surface area contributed by atoms with Gasteiger partial charge in [0.25, 0.3) is 5.91 Å². The molecule has 2 heterocycles. The van der Waals surface area contributed by atoms with Gasteiger partial charge in [0.1, 0.15) is 5.56 Å². The molecule has 0 aliphatic rings. The average Bonchev–Trinajstić information content (AvgIpc) is 3.00. The summed E-state index contributed by atoms with van der Waals surface area (Å²) in [6.45, 7) is 0. The SMILES string of the molecule is O=C(Nc1csc(-c2ccc(Cl)cc2)c1C(=O)O)c1ccncc1. The number of pyridine rings is 1. The first kappa shape index (κ1) is 16.2. The molecule has 1 aromatic carbocycles. The number of halogens is 1. The minimum atomic E-state index is -1.11. The smallest absolute Gasteiger partial charge is 0.339 e. The molecule has 7 heteroatoms. The molecule has 0 spiro atoms. The van der Waals surface area contributed by atoms with Crippen molar-refractivity contribution in [2.24, 2.45) is 0 Å². The lowest BCUT2D eigenvalue weighted by Crippen LogP contribution is -2.14. The van der Waals surface area contributed by atoms with Gasteiger partial charge in [-0.1, -0.05) is 23.7 Å². The number of carboxylic acids is 1. The van der Waals surface area contributed by atoms with E-state index < -0.39 is 5.97 Å². The van der Waals surface area contributed by atoms with Crippen molar-refractivity contribution in [1.82, 2.24) is 4.98 Å². The van der Waals surface area contributed by atoms with E-state index in [9.17, 15) is 14.7 Å². The number of hydrogen-bond acceptors (Lipinski definition) is 4. The number of carbonyl (C=O) groups excluding carboxylic acids is 1. The minimum Gasteiger partial charge on any atom is -0.478 e. The Morgan fingerprint density at radius 3 is 2.38 bits per heavy atom. The van der Waals surface area contributed by atoms with Crippen LogP contribution >= 0.6 is 22.9 Å². The molecule has 0 saturated heterocycles. The van der Waals surface area contributed by atoms with Crippen molar-refractivity contribution in [1.29, 1.82) is 0 Å². The van der Waals surface area contributed by atoms with Gasteiger partial charge in [-0.25, -0.2) is 4.79 Å². The molecule has 5 nitrogen and oxygen atoms in total. The first-order valence-electron chi connectivity index (χ1n) is 6.88. The number of anilines is 1. The second-order valence-electron chi connectivity index (χ2n) is 4.86. The third-order valence-corrected chi connectivity index (χ3v) is 4.58. The highest BCUT2D eigenvalue weighted by Gasteiger charge is 2.21. The molecule has 120 valence electrons. The predicted molar refractivity (Wildman–Crippen MR) is 93.9 cm³/mol. The van der Waals surface area contributed by atoms with Crippen LogP contribution in [-0.4, -0.2) is 22.0 Å². The van der Waals surface area contributed by atoms with E-state index >= 15 is 0 Å². The molecule has 2 aromatic heterocycles. The molecule has 0 aliphatic heterocycles. The third-order valence-electron chi connectivity index (χ3n) is 3.30. The molecule has 0 unspecified atom stereocenters. The number of benzene rings is 1. The van der Waals surface area contributed by atoms with Gasteiger partial charge in [-0.05, 0) is 29.8 Å². The van der Waals surface area contributed by atoms with Gasteiger partial charge in [-0.15, -0.1) is 11.3 Å². The molecule has 24 heavy (non-hydrogen) atoms. The molecule has 3 aromatic rings. The standard InChI is InChI=1S/C17H11ClN2O3S/c18-12-3-1-10(2-4-12)15-14(17(22)23)13(9-24-15)20-16(21)11-5-7-19-8-6-11/h1-9H,(H,20,21)(H,22,23). The number of aromatic carboxylic acids is 1. The lowest BCUT2D eigenvalue weighted by atomic mass is 10.1. The zero-order chi connectivity index (χ0) is 17.1. The van der Waals surface area contributed by atoms with Gasteiger partial charge in [0, 0.05) is 28.4 Å². The number of hydrogen-bond donors (Lipinski definition) is 2. The number of carbonyl (C=O) groups is 2. The first-order valence-corrected chi connectivity index (χ1v) is 8.14. The van der Waals surface area contributed by atoms with Gasteiger partial charge >= 0.3 is 5.97 Å². The summed E-state index contributed by atoms with van der Waals surface area (Å²) in [5.74, 6) is -1.49. The topological polar surface area (TPSA) is 79.3 Å². The van der Waals surface area contributed by atoms with E-state index in [1.807, 2.05) is 0 Å². The van der Waals surface area contributed by atoms with Crippen LogP contribution in [0.2, 0.25) is 5.02 Å². The summed E-state index contributed by atoms with van der Waals surface area (Å²) < 4.78 is 0. The highest BCUT2D eigenvalue weighted by Crippen LogP contribution is 2.36. The van der Waals surface area contributed by atoms with Crippen LogP contribution in [0, 0.1) is 0 Å². The number of aromatic nitrogens is 1. The molecule has 0 fully saturated rings. The summed E-state index contributed by atoms with van der Waals surface area (Å²) in [6.07, 6.45) is 3.00. The molecule has 1 amide bonds. The van der Waals surface area contributed by atoms with Gasteiger partial charge < -0.3 is 10.4 Å². The number of carboxylic acid groups (broad SMARTS) is 1. The maximum Gasteiger partial charge on any atom is 0.339 e. The second-order valence-corrected chi connectivity index (χ2v) is 6.17. The van der Waals surface area contributed by atoms with Crippen molar-refractivity contribution in [2.75, 3.05) is 5.32 Å². The summed E-state index contributed by atoms with van der Waals surface area (Å²) in [4.78, 5) is 28.3. The van der Waals surface area contributed by atoms with Crippen LogP contribution in [0.3, 0.4) is 0 Å². The monoisotopic (exact) mass is 358 g/mol. The molecule has 0 bridgehead atoms. The minimum absolute atomic E-state index is 0.0599. The molecule has 0 radical (unpaired) electrons. The van der Waals surface area contributed by atoms with Gasteiger partial charge in [-0.2, -0.15) is 0 Å². The van der Waals surface area contributed by atoms with Crippen LogP contribution in [0.1, 0.15) is 20.7 Å². The Kier molecular flexibility index (Phi) is 4.59. The zero-order valence-electron chi connectivity index (χ0n) is 12.2. The van der Waals surface area contributed by atoms with Crippen LogP contribution in [0.4, 0.5) is 5.69 Å². The number of amides is 1. The van der Waals surface area contributed by atoms with Gasteiger partial charge in [-0.3, -0.25) is 9.78 Å². The van der Waals surface area contributed by atoms with E-state index in [1.54, 1.807) is 41.8 Å². The zero-order valence-corrected chi connectivity index (χ0v) is 13.8. The van der Waals surface area contributed by atoms with Crippen LogP contribution in [-0.2, 0) is 0 Å². The first-order chi connectivity index (χ1) is 11.6. The van der Waals surface area contributed by atoms with Crippen molar-refractivity contribution >= 4 is 40.5 Å². The quantitative estimate of drug-likeness (QED) is 0.723. The fraction of sp³-hybridized carbons (Fsp3) is 0. The van der Waals surface area contributed by atoms with Crippen molar-refractivity contribution in [3.8, 4) is 10.4 Å². The van der Waals surface area contributed by atoms with E-state index in [-0.39, 0.29) is 17.2 Å². The van der Waals surface area contributed by atoms with Crippen molar-refractivity contribution in [3.05, 3.63) is 70.3 Å². The molecule has 2 N–H and O–H groups in total. The Balaban J connectivity index is 1.96. The Hall–Kier alpha value is -2.70. The van der Waals surface area contributed by atoms with Crippen LogP contribution in [0.15, 0.2) is 54.2 Å². The summed E-state index contributed by atoms with van der Waals surface area (Å²) >= 11 is 7.12. The third kappa shape index (κ3) is 3.29. The Morgan fingerprint density at radius 1 is 1.08 bits per heavy atom. The predicted octanol–water partition coefficient (Wildman–Crippen LogP) is 4.41. The highest BCUT2D eigenvalue weighted by molar-refractivity contribution is 7.14. The second kappa shape index (κ2) is 6.82. The normalized spacial score (nSPS) is 10.4. The average molecular weight is 359 g/mol. The van der Waals surface area contributed by atoms with E-state index in [0.717, 1.165) is 5.56 Å². The Bertz CT molecular complexity index is 892. The van der Waals surface area contributed by atoms with Gasteiger partial charge in [0.05, 0.1) is 10.6 Å². The van der Waals surface area contributed by atoms with E-state index in [1.165, 1.54) is 23.7 Å². The molecule has 0 atom stereocenters. The summed E-state index contributed by atoms with van der Waals surface area (Å²) in [5, 5.41) is 14.4. The maximum absolute atomic E-state index is 12.2. The van der Waals surface area contributed by atoms with E-state index in [2.05, 4.69) is 10.3 Å². The van der Waals surface area contributed by atoms with Crippen LogP contribution < -0.4 is 5.32 Å². The highest BCUT2D eigenvalue weighted by atomic mass is 35.5. The Morgan fingerprint density at radius 2 is 1.75 bits per heavy atom. The number of nitrogens with one attached hydrogen (secondary N) is 1. The summed E-state index contributed by atoms with van der Waals surface area (Å²) in [7, 11) is 0. The maximum atomic E-state index is 12.2. The fourth-order valence-corrected chi connectivity index (χ4v) is 3.30. The molecular weight excluding hydrogens is 348 g/mol. The number of nitrogens with zero attached hydrogens (tertiary/aromatic N) is 1. The number of thiophene rings is 1. The van der Waals surface area contributed by atoms with Gasteiger partial charge in [0.2, 0.25) is 0 Å². The van der Waals surface area contributed by atoms with E-state index in [4.69, 9.17) is 11.6 Å². The largest absolute Gasteiger partial charge is 0.478 e. The van der Waals surface area contributed by atoms with Crippen molar-refractivity contribution < 1.29 is 14.7 Å². The lowest BCUT2D eigenvalue weighted by Gasteiger charge is -2.06. The van der Waals surface area contributed by atoms with Crippen LogP contribution in [0.5, 0.6) is 0 Å². The van der Waals surface area contributed by atoms with Crippen molar-refractivity contribution in [2.45, 2.75) is 0 Å². The van der Waals surface area contributed by atoms with Crippen molar-refractivity contribution in [3.63, 3.8) is 0 Å². The summed E-state index contributed by atoms with van der Waals surface area (Å²) in [6, 6.07) is 9.99. The number of rotatable bonds is 4. The van der Waals surface area contributed by atoms with Crippen LogP contribution in [0.25, 0.3) is 10.4 Å². The van der Waals surface area contributed by atoms with Gasteiger partial charge in [0.15, 0.2) is 0 Å². The molecule has 3 rings (SSSR count). The fourth-order valence-electron chi connectivity index (χ4n) is 2.17. The molecule has 0 aliphatic carbocycles. The van der Waals surface area contributed by atoms with E-state index in [0.29, 0.717) is 15.5 Å². The lowest BCUT2D eigenvalue weighted by molar-refractivity contribution is 0.0699. The molecular formula is C17H11ClN2O3S. The molecule has 0 saturated carbocycles. The summed E-state index contributed by atoms with van der Waals surface area (Å²) in [5.41, 5.74) is 1.45. The Labute approximate surface area is 146 Å².